The number of rotatable bonds is 7. The number of aliphatic imine (C=N–C) groups is 1. The van der Waals surface area contributed by atoms with E-state index in [-0.39, 0.29) is 23.3 Å². The SMILES string of the molecule is CCC(=O)CCCCC[C@@H]1NC(=O)[C@H]2CC23CCN(C/C=C/CN2C4CCC2c2cc(ccc24)[C]2=CN=[C]1[Sn]2)CC3. The van der Waals surface area contributed by atoms with Crippen LogP contribution < -0.4 is 5.32 Å². The molecule has 2 radical (unpaired) electrons. The predicted octanol–water partition coefficient (Wildman–Crippen LogP) is 5.38. The molecule has 3 unspecified atom stereocenters. The van der Waals surface area contributed by atoms with Crippen LogP contribution >= 0.6 is 0 Å². The normalized spacial score (nSPS) is 36.0. The summed E-state index contributed by atoms with van der Waals surface area (Å²) in [6.45, 7) is 6.22. The molecule has 216 valence electrons. The Morgan fingerprint density at radius 2 is 1.88 bits per heavy atom. The van der Waals surface area contributed by atoms with Crippen molar-refractivity contribution in [3.63, 3.8) is 0 Å². The number of carbonyl (C=O) groups excluding carboxylic acids is 2. The van der Waals surface area contributed by atoms with E-state index in [0.717, 1.165) is 71.1 Å². The molecular formula is C34H44N4O2Sn. The molecule has 1 aromatic carbocycles. The van der Waals surface area contributed by atoms with Crippen LogP contribution in [0.2, 0.25) is 0 Å². The minimum atomic E-state index is -1.09. The fourth-order valence-electron chi connectivity index (χ4n) is 8.23. The number of Topliss-reactive ketones (excluding diaryl/α,β-unsaturated/α-hetero) is 1. The maximum absolute atomic E-state index is 13.6. The fraction of sp³-hybridized carbons (Fsp3) is 0.618. The van der Waals surface area contributed by atoms with Crippen molar-refractivity contribution < 1.29 is 9.59 Å². The summed E-state index contributed by atoms with van der Waals surface area (Å²) in [6.07, 6.45) is 18.1. The van der Waals surface area contributed by atoms with Crippen LogP contribution in [0.5, 0.6) is 0 Å². The molecule has 2 saturated heterocycles. The molecule has 1 N–H and O–H groups in total. The average Bonchev–Trinajstić information content (AvgIpc) is 3.31. The molecule has 9 bridgehead atoms. The summed E-state index contributed by atoms with van der Waals surface area (Å²) in [7, 11) is 0. The molecule has 0 aromatic heterocycles. The van der Waals surface area contributed by atoms with Crippen molar-refractivity contribution in [2.45, 2.75) is 95.7 Å². The zero-order valence-electron chi connectivity index (χ0n) is 24.5. The molecule has 1 aromatic rings. The first-order chi connectivity index (χ1) is 20.0. The first-order valence-corrected chi connectivity index (χ1v) is 19.0. The molecule has 6 aliphatic heterocycles. The number of piperidine rings is 1. The summed E-state index contributed by atoms with van der Waals surface area (Å²) in [4.78, 5) is 35.7. The van der Waals surface area contributed by atoms with Crippen LogP contribution in [0.15, 0.2) is 41.5 Å². The third kappa shape index (κ3) is 5.53. The van der Waals surface area contributed by atoms with E-state index in [4.69, 9.17) is 4.99 Å². The Labute approximate surface area is 255 Å². The zero-order chi connectivity index (χ0) is 28.0. The number of nitrogens with zero attached hydrogens (tertiary/aromatic N) is 3. The maximum atomic E-state index is 13.6. The predicted molar refractivity (Wildman–Crippen MR) is 165 cm³/mol. The molecule has 7 aliphatic rings. The number of nitrogens with one attached hydrogen (secondary N) is 1. The molecule has 3 fully saturated rings. The van der Waals surface area contributed by atoms with Crippen LogP contribution in [0, 0.1) is 11.3 Å². The van der Waals surface area contributed by atoms with Crippen LogP contribution in [0.25, 0.3) is 3.59 Å². The third-order valence-electron chi connectivity index (χ3n) is 10.9. The van der Waals surface area contributed by atoms with Gasteiger partial charge in [0.1, 0.15) is 0 Å². The van der Waals surface area contributed by atoms with E-state index in [1.807, 2.05) is 6.92 Å². The van der Waals surface area contributed by atoms with Crippen LogP contribution in [0.3, 0.4) is 0 Å². The van der Waals surface area contributed by atoms with Crippen molar-refractivity contribution in [3.8, 4) is 0 Å². The van der Waals surface area contributed by atoms with Gasteiger partial charge in [-0.3, -0.25) is 0 Å². The number of fused-ring (bicyclic) bond motifs is 7. The van der Waals surface area contributed by atoms with Crippen molar-refractivity contribution in [1.29, 1.82) is 0 Å². The molecule has 6 heterocycles. The molecule has 8 rings (SSSR count). The Hall–Kier alpha value is -1.77. The molecule has 1 aliphatic carbocycles. The molecule has 1 spiro atoms. The van der Waals surface area contributed by atoms with E-state index in [1.165, 1.54) is 25.7 Å². The van der Waals surface area contributed by atoms with E-state index in [1.54, 1.807) is 11.1 Å². The second-order valence-electron chi connectivity index (χ2n) is 13.3. The Balaban J connectivity index is 1.10. The van der Waals surface area contributed by atoms with Gasteiger partial charge in [0.05, 0.1) is 0 Å². The van der Waals surface area contributed by atoms with Crippen molar-refractivity contribution in [2.75, 3.05) is 26.2 Å². The topological polar surface area (TPSA) is 65.0 Å². The number of ketones is 1. The van der Waals surface area contributed by atoms with Gasteiger partial charge in [-0.15, -0.1) is 0 Å². The number of hydrogen-bond donors (Lipinski definition) is 1. The van der Waals surface area contributed by atoms with E-state index >= 15 is 0 Å². The van der Waals surface area contributed by atoms with Gasteiger partial charge in [0.25, 0.3) is 0 Å². The van der Waals surface area contributed by atoms with Gasteiger partial charge in [-0.1, -0.05) is 0 Å². The first-order valence-electron chi connectivity index (χ1n) is 16.2. The van der Waals surface area contributed by atoms with Gasteiger partial charge in [-0.2, -0.15) is 0 Å². The van der Waals surface area contributed by atoms with Crippen LogP contribution in [0.4, 0.5) is 0 Å². The number of carbonyl (C=O) groups is 2. The van der Waals surface area contributed by atoms with Crippen molar-refractivity contribution in [1.82, 2.24) is 15.1 Å². The molecular weight excluding hydrogens is 615 g/mol. The van der Waals surface area contributed by atoms with E-state index in [2.05, 4.69) is 51.7 Å². The van der Waals surface area contributed by atoms with E-state index in [9.17, 15) is 9.59 Å². The fourth-order valence-corrected chi connectivity index (χ4v) is 11.7. The van der Waals surface area contributed by atoms with Crippen LogP contribution in [-0.2, 0) is 9.59 Å². The van der Waals surface area contributed by atoms with Gasteiger partial charge in [0.2, 0.25) is 0 Å². The summed E-state index contributed by atoms with van der Waals surface area (Å²) in [6, 6.07) is 8.40. The number of hydrogen-bond acceptors (Lipinski definition) is 5. The summed E-state index contributed by atoms with van der Waals surface area (Å²) in [5.41, 5.74) is 4.68. The minimum absolute atomic E-state index is 0.0548. The van der Waals surface area contributed by atoms with Gasteiger partial charge in [0, 0.05) is 0 Å². The van der Waals surface area contributed by atoms with E-state index < -0.39 is 21.1 Å². The van der Waals surface area contributed by atoms with Crippen LogP contribution in [-0.4, -0.2) is 78.6 Å². The average molecular weight is 659 g/mol. The summed E-state index contributed by atoms with van der Waals surface area (Å²) >= 11 is -1.09. The second-order valence-corrected chi connectivity index (χ2v) is 17.0. The number of benzene rings is 1. The van der Waals surface area contributed by atoms with Crippen LogP contribution in [0.1, 0.15) is 106 Å². The van der Waals surface area contributed by atoms with Gasteiger partial charge in [-0.05, 0) is 0 Å². The van der Waals surface area contributed by atoms with Gasteiger partial charge >= 0.3 is 256 Å². The molecule has 1 saturated carbocycles. The Bertz CT molecular complexity index is 1290. The zero-order valence-corrected chi connectivity index (χ0v) is 27.4. The third-order valence-corrected chi connectivity index (χ3v) is 15.0. The standard InChI is InChI=1S/C34H44N4O2.Sn/c1-2-27(39)9-5-3-4-8-26-24-35-17-14-25-10-11-28-29(22-25)32-13-12-31(28)38(32)19-7-6-18-37-20-15-34(16-21-37)23-30(34)33(40)36-26;/h6-7,10-11,17,22,26,30-32H,2-5,8-9,12-13,15-16,18-21,23H2,1H3,(H,36,40);/b7-6+,17-14?,35-24?;/t26-,30+,31?,32?;/m0./s1. The first kappa shape index (κ1) is 28.0. The Kier molecular flexibility index (Phi) is 8.01. The van der Waals surface area contributed by atoms with E-state index in [0.29, 0.717) is 30.7 Å². The molecule has 7 heteroatoms. The van der Waals surface area contributed by atoms with Crippen molar-refractivity contribution in [3.05, 3.63) is 53.2 Å². The molecule has 6 nitrogen and oxygen atoms in total. The Morgan fingerprint density at radius 1 is 1.07 bits per heavy atom. The summed E-state index contributed by atoms with van der Waals surface area (Å²) in [5, 5.41) is 3.53. The Morgan fingerprint density at radius 3 is 2.71 bits per heavy atom. The number of amides is 1. The monoisotopic (exact) mass is 660 g/mol. The van der Waals surface area contributed by atoms with Gasteiger partial charge < -0.3 is 0 Å². The van der Waals surface area contributed by atoms with Gasteiger partial charge in [-0.25, -0.2) is 0 Å². The second kappa shape index (κ2) is 11.7. The number of unbranched alkanes of at least 4 members (excludes halogenated alkanes) is 2. The molecule has 5 atom stereocenters. The quantitative estimate of drug-likeness (QED) is 0.243. The summed E-state index contributed by atoms with van der Waals surface area (Å²) in [5.74, 6) is 0.794. The summed E-state index contributed by atoms with van der Waals surface area (Å²) < 4.78 is 2.72. The van der Waals surface area contributed by atoms with Gasteiger partial charge in [0.15, 0.2) is 0 Å². The van der Waals surface area contributed by atoms with Crippen molar-refractivity contribution in [2.24, 2.45) is 16.3 Å². The molecule has 41 heavy (non-hydrogen) atoms. The molecule has 1 amide bonds. The van der Waals surface area contributed by atoms with Crippen molar-refractivity contribution >= 4 is 40.1 Å².